The molecule has 108 valence electrons. The molecule has 0 amide bonds. The largest absolute Gasteiger partial charge is 0.299 e. The summed E-state index contributed by atoms with van der Waals surface area (Å²) in [5.74, 6) is 0.612. The molecule has 2 unspecified atom stereocenters. The quantitative estimate of drug-likeness (QED) is 0.614. The summed E-state index contributed by atoms with van der Waals surface area (Å²) in [4.78, 5) is 2.47. The Morgan fingerprint density at radius 3 is 1.78 bits per heavy atom. The van der Waals surface area contributed by atoms with Gasteiger partial charge in [0.15, 0.2) is 0 Å². The Hall–Kier alpha value is -0.300. The van der Waals surface area contributed by atoms with E-state index in [4.69, 9.17) is 0 Å². The average Bonchev–Trinajstić information content (AvgIpc) is 2.20. The van der Waals surface area contributed by atoms with Gasteiger partial charge in [0.1, 0.15) is 0 Å². The van der Waals surface area contributed by atoms with Crippen LogP contribution in [0.15, 0.2) is 12.2 Å². The predicted octanol–water partition coefficient (Wildman–Crippen LogP) is 5.12. The molecule has 1 nitrogen and oxygen atoms in total. The maximum absolute atomic E-state index is 4.28. The van der Waals surface area contributed by atoms with Gasteiger partial charge in [-0.2, -0.15) is 0 Å². The van der Waals surface area contributed by atoms with Gasteiger partial charge >= 0.3 is 0 Å². The topological polar surface area (TPSA) is 3.24 Å². The lowest BCUT2D eigenvalue weighted by molar-refractivity contribution is 0.117. The molecule has 2 atom stereocenters. The van der Waals surface area contributed by atoms with Gasteiger partial charge in [-0.15, -0.1) is 0 Å². The second-order valence-electron chi connectivity index (χ2n) is 7.88. The van der Waals surface area contributed by atoms with Crippen molar-refractivity contribution in [3.8, 4) is 0 Å². The van der Waals surface area contributed by atoms with Crippen LogP contribution in [0.5, 0.6) is 0 Å². The lowest BCUT2D eigenvalue weighted by Gasteiger charge is -2.38. The van der Waals surface area contributed by atoms with Crippen molar-refractivity contribution in [2.45, 2.75) is 79.8 Å². The van der Waals surface area contributed by atoms with Gasteiger partial charge in [0.05, 0.1) is 0 Å². The van der Waals surface area contributed by atoms with Crippen LogP contribution in [-0.4, -0.2) is 23.5 Å². The number of rotatable bonds is 5. The van der Waals surface area contributed by atoms with Gasteiger partial charge < -0.3 is 0 Å². The third-order valence-corrected chi connectivity index (χ3v) is 4.29. The van der Waals surface area contributed by atoms with Crippen LogP contribution in [0.1, 0.15) is 68.2 Å². The minimum absolute atomic E-state index is 0.235. The highest BCUT2D eigenvalue weighted by atomic mass is 15.2. The zero-order valence-electron chi connectivity index (χ0n) is 14.2. The molecule has 0 spiro atoms. The fourth-order valence-corrected chi connectivity index (χ4v) is 2.26. The monoisotopic (exact) mass is 253 g/mol. The minimum Gasteiger partial charge on any atom is -0.299 e. The fraction of sp³-hybridized carbons (Fsp3) is 0.882. The summed E-state index contributed by atoms with van der Waals surface area (Å²) < 4.78 is 0. The van der Waals surface area contributed by atoms with Crippen LogP contribution in [0, 0.1) is 11.3 Å². The molecule has 0 saturated heterocycles. The Morgan fingerprint density at radius 1 is 1.00 bits per heavy atom. The van der Waals surface area contributed by atoms with Crippen molar-refractivity contribution < 1.29 is 0 Å². The molecule has 1 heteroatoms. The van der Waals surface area contributed by atoms with Crippen LogP contribution < -0.4 is 0 Å². The van der Waals surface area contributed by atoms with E-state index in [0.717, 1.165) is 0 Å². The SMILES string of the molecule is C=C(C(C)CCC(C)N(C)C(C)(C)C)C(C)(C)C. The van der Waals surface area contributed by atoms with E-state index in [1.165, 1.54) is 18.4 Å². The van der Waals surface area contributed by atoms with Crippen molar-refractivity contribution in [1.29, 1.82) is 0 Å². The van der Waals surface area contributed by atoms with E-state index < -0.39 is 0 Å². The number of hydrogen-bond donors (Lipinski definition) is 0. The Labute approximate surface area is 116 Å². The Balaban J connectivity index is 4.31. The first-order chi connectivity index (χ1) is 7.87. The highest BCUT2D eigenvalue weighted by Gasteiger charge is 2.24. The van der Waals surface area contributed by atoms with E-state index >= 15 is 0 Å². The standard InChI is InChI=1S/C17H35N/c1-13(15(3)16(4,5)6)11-12-14(2)18(10)17(7,8)9/h13-14H,3,11-12H2,1-2,4-10H3. The van der Waals surface area contributed by atoms with Crippen molar-refractivity contribution in [1.82, 2.24) is 4.90 Å². The first-order valence-electron chi connectivity index (χ1n) is 7.29. The van der Waals surface area contributed by atoms with E-state index in [2.05, 4.69) is 73.9 Å². The van der Waals surface area contributed by atoms with Crippen LogP contribution in [0.25, 0.3) is 0 Å². The molecule has 18 heavy (non-hydrogen) atoms. The number of nitrogens with zero attached hydrogens (tertiary/aromatic N) is 1. The van der Waals surface area contributed by atoms with Crippen LogP contribution in [0.4, 0.5) is 0 Å². The van der Waals surface area contributed by atoms with Gasteiger partial charge in [0, 0.05) is 11.6 Å². The maximum atomic E-state index is 4.28. The summed E-state index contributed by atoms with van der Waals surface area (Å²) >= 11 is 0. The summed E-state index contributed by atoms with van der Waals surface area (Å²) in [7, 11) is 2.23. The van der Waals surface area contributed by atoms with Gasteiger partial charge in [0.2, 0.25) is 0 Å². The summed E-state index contributed by atoms with van der Waals surface area (Å²) in [6, 6.07) is 0.625. The number of allylic oxidation sites excluding steroid dienone is 1. The average molecular weight is 253 g/mol. The van der Waals surface area contributed by atoms with Gasteiger partial charge in [-0.3, -0.25) is 4.90 Å². The normalized spacial score (nSPS) is 16.8. The molecule has 0 aromatic rings. The van der Waals surface area contributed by atoms with Crippen molar-refractivity contribution >= 4 is 0 Å². The molecule has 0 aliphatic heterocycles. The Kier molecular flexibility index (Phi) is 6.13. The third-order valence-electron chi connectivity index (χ3n) is 4.29. The number of hydrogen-bond acceptors (Lipinski definition) is 1. The molecule has 0 rings (SSSR count). The Bertz CT molecular complexity index is 264. The first kappa shape index (κ1) is 17.7. The fourth-order valence-electron chi connectivity index (χ4n) is 2.26. The minimum atomic E-state index is 0.235. The molecule has 0 aromatic carbocycles. The second-order valence-corrected chi connectivity index (χ2v) is 7.88. The molecule has 0 N–H and O–H groups in total. The molecular weight excluding hydrogens is 218 g/mol. The third kappa shape index (κ3) is 5.56. The van der Waals surface area contributed by atoms with E-state index in [1.807, 2.05) is 0 Å². The molecule has 0 aliphatic rings. The molecule has 0 heterocycles. The van der Waals surface area contributed by atoms with Crippen molar-refractivity contribution in [2.75, 3.05) is 7.05 Å². The Morgan fingerprint density at radius 2 is 1.44 bits per heavy atom. The first-order valence-corrected chi connectivity index (χ1v) is 7.29. The van der Waals surface area contributed by atoms with E-state index in [9.17, 15) is 0 Å². The van der Waals surface area contributed by atoms with Crippen LogP contribution >= 0.6 is 0 Å². The van der Waals surface area contributed by atoms with Crippen molar-refractivity contribution in [3.63, 3.8) is 0 Å². The molecular formula is C17H35N. The zero-order valence-corrected chi connectivity index (χ0v) is 14.2. The molecule has 0 aromatic heterocycles. The van der Waals surface area contributed by atoms with Gasteiger partial charge in [0.25, 0.3) is 0 Å². The lowest BCUT2D eigenvalue weighted by atomic mass is 9.78. The lowest BCUT2D eigenvalue weighted by Crippen LogP contribution is -2.44. The van der Waals surface area contributed by atoms with Crippen LogP contribution in [0.3, 0.4) is 0 Å². The van der Waals surface area contributed by atoms with Crippen LogP contribution in [-0.2, 0) is 0 Å². The summed E-state index contributed by atoms with van der Waals surface area (Å²) in [5.41, 5.74) is 1.87. The maximum Gasteiger partial charge on any atom is 0.0124 e. The van der Waals surface area contributed by atoms with Crippen molar-refractivity contribution in [2.24, 2.45) is 11.3 Å². The van der Waals surface area contributed by atoms with Crippen molar-refractivity contribution in [3.05, 3.63) is 12.2 Å². The van der Waals surface area contributed by atoms with Crippen LogP contribution in [0.2, 0.25) is 0 Å². The second kappa shape index (κ2) is 6.23. The molecule has 0 aliphatic carbocycles. The van der Waals surface area contributed by atoms with E-state index in [-0.39, 0.29) is 11.0 Å². The zero-order chi connectivity index (χ0) is 14.7. The predicted molar refractivity (Wildman–Crippen MR) is 84.0 cm³/mol. The summed E-state index contributed by atoms with van der Waals surface area (Å²) in [6.45, 7) is 22.5. The van der Waals surface area contributed by atoms with Gasteiger partial charge in [-0.1, -0.05) is 39.8 Å². The van der Waals surface area contributed by atoms with Gasteiger partial charge in [-0.05, 0) is 58.9 Å². The summed E-state index contributed by atoms with van der Waals surface area (Å²) in [6.07, 6.45) is 2.47. The van der Waals surface area contributed by atoms with E-state index in [0.29, 0.717) is 12.0 Å². The molecule has 0 bridgehead atoms. The molecule has 0 radical (unpaired) electrons. The summed E-state index contributed by atoms with van der Waals surface area (Å²) in [5, 5.41) is 0. The van der Waals surface area contributed by atoms with Gasteiger partial charge in [-0.25, -0.2) is 0 Å². The highest BCUT2D eigenvalue weighted by molar-refractivity contribution is 5.08. The molecule has 0 saturated carbocycles. The highest BCUT2D eigenvalue weighted by Crippen LogP contribution is 2.32. The molecule has 0 fully saturated rings. The smallest absolute Gasteiger partial charge is 0.0124 e. The van der Waals surface area contributed by atoms with E-state index in [1.54, 1.807) is 0 Å².